The molecule has 1 nitrogen and oxygen atoms in total. The second-order valence-electron chi connectivity index (χ2n) is 3.20. The van der Waals surface area contributed by atoms with Crippen LogP contribution in [-0.2, 0) is 18.9 Å². The smallest absolute Gasteiger partial charge is 0.326 e. The third-order valence-electron chi connectivity index (χ3n) is 2.00. The maximum Gasteiger partial charge on any atom is 0.417 e. The molecule has 1 aromatic rings. The van der Waals surface area contributed by atoms with Crippen molar-refractivity contribution >= 4 is 11.6 Å². The Morgan fingerprint density at radius 3 is 1.88 bits per heavy atom. The summed E-state index contributed by atoms with van der Waals surface area (Å²) in [6.07, 6.45) is -9.84. The molecule has 17 heavy (non-hydrogen) atoms. The van der Waals surface area contributed by atoms with Gasteiger partial charge in [0.15, 0.2) is 0 Å². The minimum atomic E-state index is -4.96. The van der Waals surface area contributed by atoms with Crippen LogP contribution in [0.3, 0.4) is 0 Å². The number of hydrogen-bond acceptors (Lipinski definition) is 1. The van der Waals surface area contributed by atoms with Crippen molar-refractivity contribution in [3.05, 3.63) is 33.8 Å². The molecule has 8 heteroatoms. The Hall–Kier alpha value is -0.950. The predicted octanol–water partition coefficient (Wildman–Crippen LogP) is 3.84. The van der Waals surface area contributed by atoms with E-state index in [0.29, 0.717) is 6.07 Å². The van der Waals surface area contributed by atoms with Crippen molar-refractivity contribution in [1.82, 2.24) is 0 Å². The number of nitrogens with two attached hydrogens (primary N) is 1. The maximum absolute atomic E-state index is 12.4. The molecule has 0 spiro atoms. The van der Waals surface area contributed by atoms with Crippen molar-refractivity contribution in [3.8, 4) is 0 Å². The van der Waals surface area contributed by atoms with E-state index in [-0.39, 0.29) is 6.07 Å². The summed E-state index contributed by atoms with van der Waals surface area (Å²) in [4.78, 5) is 0. The van der Waals surface area contributed by atoms with Gasteiger partial charge in [0.1, 0.15) is 0 Å². The Bertz CT molecular complexity index is 423. The highest BCUT2D eigenvalue weighted by Crippen LogP contribution is 2.40. The molecule has 96 valence electrons. The van der Waals surface area contributed by atoms with E-state index in [2.05, 4.69) is 0 Å². The molecule has 0 saturated heterocycles. The van der Waals surface area contributed by atoms with Crippen LogP contribution in [-0.4, -0.2) is 0 Å². The van der Waals surface area contributed by atoms with Crippen LogP contribution in [0.1, 0.15) is 16.7 Å². The van der Waals surface area contributed by atoms with E-state index >= 15 is 0 Å². The van der Waals surface area contributed by atoms with Crippen molar-refractivity contribution in [2.75, 3.05) is 0 Å². The van der Waals surface area contributed by atoms with Gasteiger partial charge < -0.3 is 5.73 Å². The first-order valence-electron chi connectivity index (χ1n) is 4.24. The molecule has 0 amide bonds. The molecule has 1 rings (SSSR count). The highest BCUT2D eigenvalue weighted by Gasteiger charge is 2.39. The van der Waals surface area contributed by atoms with Gasteiger partial charge in [-0.1, -0.05) is 11.6 Å². The largest absolute Gasteiger partial charge is 0.417 e. The minimum absolute atomic E-state index is 0.0263. The highest BCUT2D eigenvalue weighted by molar-refractivity contribution is 6.32. The van der Waals surface area contributed by atoms with Crippen LogP contribution in [0.25, 0.3) is 0 Å². The van der Waals surface area contributed by atoms with E-state index in [4.69, 9.17) is 17.3 Å². The molecular formula is C9H6ClF6N. The van der Waals surface area contributed by atoms with E-state index in [0.717, 1.165) is 0 Å². The molecule has 1 aromatic carbocycles. The second-order valence-corrected chi connectivity index (χ2v) is 3.57. The Balaban J connectivity index is 3.50. The number of hydrogen-bond donors (Lipinski definition) is 1. The van der Waals surface area contributed by atoms with Gasteiger partial charge in [-0.25, -0.2) is 0 Å². The van der Waals surface area contributed by atoms with Gasteiger partial charge in [0.05, 0.1) is 16.1 Å². The number of alkyl halides is 6. The van der Waals surface area contributed by atoms with Gasteiger partial charge in [0, 0.05) is 6.54 Å². The molecule has 2 N–H and O–H groups in total. The van der Waals surface area contributed by atoms with Gasteiger partial charge in [0.25, 0.3) is 0 Å². The zero-order valence-corrected chi connectivity index (χ0v) is 8.84. The summed E-state index contributed by atoms with van der Waals surface area (Å²) in [5, 5.41) is -0.798. The van der Waals surface area contributed by atoms with Crippen LogP contribution < -0.4 is 5.73 Å². The summed E-state index contributed by atoms with van der Waals surface area (Å²) < 4.78 is 74.4. The zero-order valence-electron chi connectivity index (χ0n) is 8.08. The molecule has 0 saturated carbocycles. The number of halogens is 7. The third-order valence-corrected chi connectivity index (χ3v) is 2.45. The molecule has 0 aliphatic heterocycles. The number of benzene rings is 1. The molecule has 0 aliphatic carbocycles. The van der Waals surface area contributed by atoms with Crippen molar-refractivity contribution in [3.63, 3.8) is 0 Å². The maximum atomic E-state index is 12.4. The average Bonchev–Trinajstić information content (AvgIpc) is 2.14. The van der Waals surface area contributed by atoms with Gasteiger partial charge in [0.2, 0.25) is 0 Å². The molecule has 0 unspecified atom stereocenters. The zero-order chi connectivity index (χ0) is 13.4. The normalized spacial score (nSPS) is 12.9. The van der Waals surface area contributed by atoms with Gasteiger partial charge >= 0.3 is 12.4 Å². The fourth-order valence-electron chi connectivity index (χ4n) is 1.20. The van der Waals surface area contributed by atoms with Crippen LogP contribution in [0.5, 0.6) is 0 Å². The van der Waals surface area contributed by atoms with E-state index in [1.54, 1.807) is 0 Å². The molecule has 0 heterocycles. The summed E-state index contributed by atoms with van der Waals surface area (Å²) in [6, 6.07) is 0.485. The van der Waals surface area contributed by atoms with E-state index in [9.17, 15) is 26.3 Å². The van der Waals surface area contributed by atoms with Crippen LogP contribution in [0.4, 0.5) is 26.3 Å². The fraction of sp³-hybridized carbons (Fsp3) is 0.333. The monoisotopic (exact) mass is 277 g/mol. The van der Waals surface area contributed by atoms with Crippen LogP contribution in [0.15, 0.2) is 12.1 Å². The first-order valence-corrected chi connectivity index (χ1v) is 4.62. The van der Waals surface area contributed by atoms with E-state index in [1.165, 1.54) is 0 Å². The molecule has 0 atom stereocenters. The Morgan fingerprint density at radius 1 is 1.00 bits per heavy atom. The lowest BCUT2D eigenvalue weighted by Gasteiger charge is -2.15. The van der Waals surface area contributed by atoms with E-state index in [1.807, 2.05) is 0 Å². The quantitative estimate of drug-likeness (QED) is 0.776. The SMILES string of the molecule is NCc1cc(C(F)(F)F)cc(C(F)(F)F)c1Cl. The molecule has 0 bridgehead atoms. The Kier molecular flexibility index (Phi) is 3.63. The van der Waals surface area contributed by atoms with Crippen molar-refractivity contribution in [2.24, 2.45) is 5.73 Å². The van der Waals surface area contributed by atoms with Gasteiger partial charge in [-0.15, -0.1) is 0 Å². The van der Waals surface area contributed by atoms with Crippen molar-refractivity contribution in [1.29, 1.82) is 0 Å². The molecule has 0 radical (unpaired) electrons. The lowest BCUT2D eigenvalue weighted by molar-refractivity contribution is -0.143. The summed E-state index contributed by atoms with van der Waals surface area (Å²) in [5.41, 5.74) is 1.71. The van der Waals surface area contributed by atoms with Gasteiger partial charge in [-0.05, 0) is 17.7 Å². The summed E-state index contributed by atoms with van der Waals surface area (Å²) >= 11 is 5.35. The topological polar surface area (TPSA) is 26.0 Å². The van der Waals surface area contributed by atoms with Gasteiger partial charge in [-0.2, -0.15) is 26.3 Å². The van der Waals surface area contributed by atoms with Crippen LogP contribution >= 0.6 is 11.6 Å². The minimum Gasteiger partial charge on any atom is -0.326 e. The summed E-state index contributed by atoms with van der Waals surface area (Å²) in [6.45, 7) is -0.508. The lowest BCUT2D eigenvalue weighted by atomic mass is 10.0. The van der Waals surface area contributed by atoms with E-state index < -0.39 is 40.6 Å². The van der Waals surface area contributed by atoms with Crippen LogP contribution in [0, 0.1) is 0 Å². The fourth-order valence-corrected chi connectivity index (χ4v) is 1.50. The summed E-state index contributed by atoms with van der Waals surface area (Å²) in [7, 11) is 0. The first kappa shape index (κ1) is 14.1. The highest BCUT2D eigenvalue weighted by atomic mass is 35.5. The molecular weight excluding hydrogens is 272 g/mol. The average molecular weight is 278 g/mol. The molecule has 0 aliphatic rings. The number of rotatable bonds is 1. The first-order chi connectivity index (χ1) is 7.57. The summed E-state index contributed by atoms with van der Waals surface area (Å²) in [5.74, 6) is 0. The Morgan fingerprint density at radius 2 is 1.53 bits per heavy atom. The van der Waals surface area contributed by atoms with Crippen molar-refractivity contribution in [2.45, 2.75) is 18.9 Å². The second kappa shape index (κ2) is 4.38. The third kappa shape index (κ3) is 3.04. The molecule has 0 fully saturated rings. The van der Waals surface area contributed by atoms with Crippen molar-refractivity contribution < 1.29 is 26.3 Å². The molecule has 0 aromatic heterocycles. The lowest BCUT2D eigenvalue weighted by Crippen LogP contribution is -2.14. The Labute approximate surface area is 97.2 Å². The predicted molar refractivity (Wildman–Crippen MR) is 49.3 cm³/mol. The van der Waals surface area contributed by atoms with Gasteiger partial charge in [-0.3, -0.25) is 0 Å². The van der Waals surface area contributed by atoms with Crippen LogP contribution in [0.2, 0.25) is 5.02 Å². The standard InChI is InChI=1S/C9H6ClF6N/c10-7-4(3-17)1-5(8(11,12)13)2-6(7)9(14,15)16/h1-2H,3,17H2.